The topological polar surface area (TPSA) is 144 Å². The molecule has 0 saturated carbocycles. The molecule has 0 aliphatic carbocycles. The summed E-state index contributed by atoms with van der Waals surface area (Å²) < 4.78 is 56.0. The second kappa shape index (κ2) is 29.9. The maximum absolute atomic E-state index is 12.8. The summed E-state index contributed by atoms with van der Waals surface area (Å²) in [6.07, 6.45) is 2.09. The molecule has 0 spiro atoms. The summed E-state index contributed by atoms with van der Waals surface area (Å²) in [5.74, 6) is 3.52. The third-order valence-electron chi connectivity index (χ3n) is 16.3. The Morgan fingerprint density at radius 3 is 1.17 bits per heavy atom. The smallest absolute Gasteiger partial charge is 0.497 e. The number of ether oxygens (including phenoxy) is 8. The van der Waals surface area contributed by atoms with Crippen LogP contribution in [0.5, 0.6) is 46.0 Å². The van der Waals surface area contributed by atoms with Crippen molar-refractivity contribution in [2.75, 3.05) is 21.3 Å². The molecule has 464 valence electrons. The average molecular weight is 1240 g/mol. The molecule has 0 heterocycles. The number of methoxy groups -OCH3 is 3. The van der Waals surface area contributed by atoms with E-state index in [1.807, 2.05) is 91.0 Å². The maximum atomic E-state index is 12.8. The van der Waals surface area contributed by atoms with Crippen molar-refractivity contribution in [2.45, 2.75) is 149 Å². The molecule has 0 unspecified atom stereocenters. The fraction of sp³-hybridized carbons (Fsp3) is 0.366. The first-order valence-corrected chi connectivity index (χ1v) is 39.9. The van der Waals surface area contributed by atoms with E-state index >= 15 is 0 Å². The van der Waals surface area contributed by atoms with Gasteiger partial charge in [-0.2, -0.15) is 0 Å². The van der Waals surface area contributed by atoms with Gasteiger partial charge in [0.2, 0.25) is 16.2 Å². The van der Waals surface area contributed by atoms with E-state index in [0.29, 0.717) is 40.2 Å². The van der Waals surface area contributed by atoms with E-state index in [0.717, 1.165) is 65.8 Å². The van der Waals surface area contributed by atoms with Gasteiger partial charge in [-0.3, -0.25) is 9.37 Å². The molecule has 0 fully saturated rings. The molecule has 0 radical (unpaired) electrons. The van der Waals surface area contributed by atoms with Crippen molar-refractivity contribution in [1.29, 1.82) is 0 Å². The van der Waals surface area contributed by atoms with Gasteiger partial charge < -0.3 is 42.5 Å². The highest BCUT2D eigenvalue weighted by Gasteiger charge is 2.45. The van der Waals surface area contributed by atoms with E-state index in [1.165, 1.54) is 23.6 Å². The number of hydrogen-bond donors (Lipinski definition) is 0. The van der Waals surface area contributed by atoms with Crippen molar-refractivity contribution in [2.24, 2.45) is 0 Å². The minimum absolute atomic E-state index is 0.0420. The third-order valence-corrected chi connectivity index (χ3v) is 34.7. The fourth-order valence-corrected chi connectivity index (χ4v) is 17.8. The molecule has 0 atom stereocenters. The first kappa shape index (κ1) is 68.6. The predicted octanol–water partition coefficient (Wildman–Crippen LogP) is 18.1. The molecule has 7 rings (SSSR count). The maximum Gasteiger partial charge on any atom is 0.519 e. The molecule has 13 nitrogen and oxygen atoms in total. The van der Waals surface area contributed by atoms with Crippen LogP contribution in [0.3, 0.4) is 0 Å². The Morgan fingerprint density at radius 1 is 0.391 bits per heavy atom. The summed E-state index contributed by atoms with van der Waals surface area (Å²) in [6.45, 7) is 30.2. The zero-order chi connectivity index (χ0) is 63.8. The van der Waals surface area contributed by atoms with Gasteiger partial charge in [-0.05, 0) is 169 Å². The van der Waals surface area contributed by atoms with E-state index < -0.39 is 36.1 Å². The molecular weight excluding hydrogens is 1150 g/mol. The molecule has 0 aliphatic rings. The van der Waals surface area contributed by atoms with E-state index in [9.17, 15) is 14.4 Å². The Labute approximate surface area is 519 Å². The Bertz CT molecular complexity index is 3350. The second-order valence-corrected chi connectivity index (χ2v) is 45.0. The van der Waals surface area contributed by atoms with Crippen LogP contribution in [0.25, 0.3) is 0 Å². The number of esters is 1. The first-order chi connectivity index (χ1) is 40.9. The highest BCUT2D eigenvalue weighted by molar-refractivity contribution is 7.38. The Morgan fingerprint density at radius 2 is 0.770 bits per heavy atom. The minimum atomic E-state index is -2.11. The van der Waals surface area contributed by atoms with Gasteiger partial charge in [0, 0.05) is 17.8 Å². The average Bonchev–Trinajstić information content (AvgIpc) is 2.13. The molecule has 0 aromatic heterocycles. The monoisotopic (exact) mass is 1230 g/mol. The lowest BCUT2D eigenvalue weighted by atomic mass is 9.78. The quantitative estimate of drug-likeness (QED) is 0.0142. The van der Waals surface area contributed by atoms with Gasteiger partial charge in [0.15, 0.2) is 23.0 Å². The number of benzene rings is 7. The standard InChI is InChI=1S/C44H60O9Si3.C27H30O4/c1-33(45)49-39-27-21-35(31-41(39)47-4)18-16-30-55(8,9)56(10,11)53-52-54(6,7)29-15-17-34-22-28-40(42(32-34)48-5)51-43(46)50-38-25-23-37(24-26-38)44(2,3)36-19-13-12-14-20-36;1-26(2,3)19-7-15-23(16-8-19)30-25(28)31-24-17-11-21(12-18-24)27(4,5)20-9-13-22(29-6)14-10-20/h12-14,19-28,31-32H,15-18,29-30H2,1-11H3;7-18H,1-6H3. The number of carbonyl (C=O) groups is 3. The largest absolute Gasteiger partial charge is 0.519 e. The lowest BCUT2D eigenvalue weighted by Gasteiger charge is -2.38. The van der Waals surface area contributed by atoms with Crippen molar-refractivity contribution < 1.29 is 61.4 Å². The van der Waals surface area contributed by atoms with Crippen LogP contribution in [0.15, 0.2) is 164 Å². The molecule has 0 amide bonds. The number of rotatable bonds is 24. The third kappa shape index (κ3) is 19.8. The van der Waals surface area contributed by atoms with E-state index in [2.05, 4.69) is 112 Å². The van der Waals surface area contributed by atoms with Gasteiger partial charge in [-0.15, -0.1) is 0 Å². The van der Waals surface area contributed by atoms with Crippen LogP contribution in [0, 0.1) is 0 Å². The molecular formula is C71H90O13Si3. The lowest BCUT2D eigenvalue weighted by Crippen LogP contribution is -2.58. The van der Waals surface area contributed by atoms with Gasteiger partial charge in [-0.1, -0.05) is 165 Å². The summed E-state index contributed by atoms with van der Waals surface area (Å²) in [7, 11) is -1.16. The number of carbonyl (C=O) groups excluding carboxylic acids is 3. The van der Waals surface area contributed by atoms with Gasteiger partial charge in [0.1, 0.15) is 23.0 Å². The van der Waals surface area contributed by atoms with E-state index in [1.54, 1.807) is 69.9 Å². The van der Waals surface area contributed by atoms with Crippen LogP contribution in [-0.2, 0) is 43.0 Å². The highest BCUT2D eigenvalue weighted by Crippen LogP contribution is 2.37. The van der Waals surface area contributed by atoms with Gasteiger partial charge in [0.25, 0.3) is 0 Å². The van der Waals surface area contributed by atoms with Crippen LogP contribution >= 0.6 is 0 Å². The lowest BCUT2D eigenvalue weighted by molar-refractivity contribution is -0.132. The molecule has 0 bridgehead atoms. The van der Waals surface area contributed by atoms with Gasteiger partial charge in [-0.25, -0.2) is 9.59 Å². The molecule has 7 aromatic rings. The van der Waals surface area contributed by atoms with Crippen molar-refractivity contribution in [1.82, 2.24) is 0 Å². The summed E-state index contributed by atoms with van der Waals surface area (Å²) in [5.41, 5.74) is 7.61. The van der Waals surface area contributed by atoms with Gasteiger partial charge in [0.05, 0.1) is 28.9 Å². The SMILES string of the molecule is COc1cc(CCC[Si](C)(C)[Si](C)(C)OO[Si](C)(C)CCCc2ccc(OC(=O)Oc3ccc(C(C)(C)c4ccccc4)cc3)c(OC)c2)ccc1OC(C)=O.COc1ccc(C(C)(C)c2ccc(OC(=O)Oc3ccc(C(C)(C)C)cc3)cc2)cc1. The fourth-order valence-electron chi connectivity index (χ4n) is 9.70. The van der Waals surface area contributed by atoms with Crippen LogP contribution in [0.2, 0.25) is 51.4 Å². The second-order valence-electron chi connectivity index (χ2n) is 25.7. The van der Waals surface area contributed by atoms with E-state index in [4.69, 9.17) is 47.0 Å². The number of hydrogen-bond acceptors (Lipinski definition) is 13. The van der Waals surface area contributed by atoms with Crippen molar-refractivity contribution >= 4 is 42.0 Å². The Balaban J connectivity index is 0.000000328. The van der Waals surface area contributed by atoms with Crippen LogP contribution < -0.4 is 37.9 Å². The highest BCUT2D eigenvalue weighted by atomic mass is 29.3. The molecule has 16 heteroatoms. The van der Waals surface area contributed by atoms with E-state index in [-0.39, 0.29) is 22.2 Å². The summed E-state index contributed by atoms with van der Waals surface area (Å²) in [4.78, 5) is 36.3. The van der Waals surface area contributed by atoms with Crippen LogP contribution in [0.4, 0.5) is 9.59 Å². The summed E-state index contributed by atoms with van der Waals surface area (Å²) in [5, 5.41) is 0. The van der Waals surface area contributed by atoms with Crippen LogP contribution in [-0.4, -0.2) is 63.4 Å². The van der Waals surface area contributed by atoms with Crippen molar-refractivity contribution in [3.8, 4) is 46.0 Å². The summed E-state index contributed by atoms with van der Waals surface area (Å²) in [6, 6.07) is 54.2. The van der Waals surface area contributed by atoms with Crippen molar-refractivity contribution in [3.05, 3.63) is 203 Å². The summed E-state index contributed by atoms with van der Waals surface area (Å²) >= 11 is 0. The van der Waals surface area contributed by atoms with Gasteiger partial charge >= 0.3 is 18.3 Å². The molecule has 0 aliphatic heterocycles. The zero-order valence-electron chi connectivity index (χ0n) is 54.1. The predicted molar refractivity (Wildman–Crippen MR) is 353 cm³/mol. The normalized spacial score (nSPS) is 12.0. The minimum Gasteiger partial charge on any atom is -0.497 e. The molecule has 7 aromatic carbocycles. The molecule has 0 N–H and O–H groups in total. The number of aryl methyl sites for hydroxylation is 2. The molecule has 0 saturated heterocycles. The first-order valence-electron chi connectivity index (χ1n) is 29.7. The van der Waals surface area contributed by atoms with Crippen molar-refractivity contribution in [3.63, 3.8) is 0 Å². The Hall–Kier alpha value is -7.48. The molecule has 87 heavy (non-hydrogen) atoms. The van der Waals surface area contributed by atoms with Crippen LogP contribution in [0.1, 0.15) is 107 Å². The Kier molecular flexibility index (Phi) is 23.6. The zero-order valence-corrected chi connectivity index (χ0v) is 57.1.